The second-order valence-electron chi connectivity index (χ2n) is 4.88. The van der Waals surface area contributed by atoms with E-state index in [-0.39, 0.29) is 23.2 Å². The smallest absolute Gasteiger partial charge is 0.337 e. The lowest BCUT2D eigenvalue weighted by molar-refractivity contribution is 0.0605. The summed E-state index contributed by atoms with van der Waals surface area (Å²) >= 11 is 0. The molecule has 0 saturated carbocycles. The number of carbonyl (C=O) groups is 2. The highest BCUT2D eigenvalue weighted by molar-refractivity contribution is 5.94. The summed E-state index contributed by atoms with van der Waals surface area (Å²) in [4.78, 5) is 29.4. The minimum atomic E-state index is -1.04. The topological polar surface area (TPSA) is 79.7 Å². The first kappa shape index (κ1) is 17.1. The molecule has 0 spiro atoms. The minimum absolute atomic E-state index is 0.0638. The van der Waals surface area contributed by atoms with Crippen molar-refractivity contribution < 1.29 is 19.4 Å². The molecule has 1 unspecified atom stereocenters. The zero-order valence-corrected chi connectivity index (χ0v) is 12.9. The van der Waals surface area contributed by atoms with Crippen LogP contribution in [0, 0.1) is 6.92 Å². The number of rotatable bonds is 7. The summed E-state index contributed by atoms with van der Waals surface area (Å²) in [5, 5.41) is 8.99. The molecule has 1 aromatic heterocycles. The standard InChI is InChI=1S/C15H22N2O4/c1-5-10(2)17(8-9-21-4)14(18)13-7-6-12(15(19)20)11(3)16-13/h6-7,10H,5,8-9H2,1-4H3,(H,19,20). The lowest BCUT2D eigenvalue weighted by Gasteiger charge is -2.28. The van der Waals surface area contributed by atoms with Crippen molar-refractivity contribution in [3.63, 3.8) is 0 Å². The van der Waals surface area contributed by atoms with Crippen LogP contribution in [0.5, 0.6) is 0 Å². The zero-order valence-electron chi connectivity index (χ0n) is 12.9. The fourth-order valence-corrected chi connectivity index (χ4v) is 1.99. The van der Waals surface area contributed by atoms with E-state index in [9.17, 15) is 9.59 Å². The third-order valence-electron chi connectivity index (χ3n) is 3.46. The number of aromatic nitrogens is 1. The second-order valence-corrected chi connectivity index (χ2v) is 4.88. The molecule has 116 valence electrons. The van der Waals surface area contributed by atoms with Gasteiger partial charge in [-0.05, 0) is 32.4 Å². The Morgan fingerprint density at radius 2 is 2.10 bits per heavy atom. The highest BCUT2D eigenvalue weighted by Crippen LogP contribution is 2.12. The number of amides is 1. The molecule has 1 N–H and O–H groups in total. The van der Waals surface area contributed by atoms with Crippen molar-refractivity contribution in [2.75, 3.05) is 20.3 Å². The predicted molar refractivity (Wildman–Crippen MR) is 78.6 cm³/mol. The molecule has 6 heteroatoms. The lowest BCUT2D eigenvalue weighted by atomic mass is 10.1. The molecular formula is C15H22N2O4. The van der Waals surface area contributed by atoms with Crippen LogP contribution in [-0.2, 0) is 4.74 Å². The summed E-state index contributed by atoms with van der Waals surface area (Å²) < 4.78 is 5.04. The van der Waals surface area contributed by atoms with Gasteiger partial charge < -0.3 is 14.7 Å². The number of methoxy groups -OCH3 is 1. The van der Waals surface area contributed by atoms with Crippen molar-refractivity contribution in [2.24, 2.45) is 0 Å². The number of hydrogen-bond donors (Lipinski definition) is 1. The van der Waals surface area contributed by atoms with Crippen molar-refractivity contribution >= 4 is 11.9 Å². The lowest BCUT2D eigenvalue weighted by Crippen LogP contribution is -2.41. The van der Waals surface area contributed by atoms with Crippen LogP contribution >= 0.6 is 0 Å². The van der Waals surface area contributed by atoms with Crippen LogP contribution in [0.4, 0.5) is 0 Å². The maximum atomic E-state index is 12.5. The largest absolute Gasteiger partial charge is 0.478 e. The first-order valence-corrected chi connectivity index (χ1v) is 6.93. The number of aryl methyl sites for hydroxylation is 1. The highest BCUT2D eigenvalue weighted by atomic mass is 16.5. The first-order chi connectivity index (χ1) is 9.92. The molecule has 0 saturated heterocycles. The van der Waals surface area contributed by atoms with E-state index in [1.165, 1.54) is 12.1 Å². The van der Waals surface area contributed by atoms with Crippen LogP contribution in [0.1, 0.15) is 46.8 Å². The molecule has 6 nitrogen and oxygen atoms in total. The molecular weight excluding hydrogens is 272 g/mol. The number of aromatic carboxylic acids is 1. The molecule has 1 atom stereocenters. The van der Waals surface area contributed by atoms with Crippen molar-refractivity contribution in [3.8, 4) is 0 Å². The average molecular weight is 294 g/mol. The van der Waals surface area contributed by atoms with E-state index in [0.29, 0.717) is 18.8 Å². The Hall–Kier alpha value is -1.95. The predicted octanol–water partition coefficient (Wildman–Crippen LogP) is 1.98. The Morgan fingerprint density at radius 1 is 1.43 bits per heavy atom. The molecule has 1 rings (SSSR count). The number of carbonyl (C=O) groups excluding carboxylic acids is 1. The number of carboxylic acid groups (broad SMARTS) is 1. The average Bonchev–Trinajstić information content (AvgIpc) is 2.46. The second kappa shape index (κ2) is 7.73. The van der Waals surface area contributed by atoms with Gasteiger partial charge in [0.15, 0.2) is 0 Å². The van der Waals surface area contributed by atoms with Gasteiger partial charge in [0.1, 0.15) is 5.69 Å². The van der Waals surface area contributed by atoms with Crippen LogP contribution in [0.15, 0.2) is 12.1 Å². The quantitative estimate of drug-likeness (QED) is 0.831. The first-order valence-electron chi connectivity index (χ1n) is 6.93. The van der Waals surface area contributed by atoms with Crippen molar-refractivity contribution in [1.29, 1.82) is 0 Å². The van der Waals surface area contributed by atoms with Gasteiger partial charge >= 0.3 is 5.97 Å². The molecule has 21 heavy (non-hydrogen) atoms. The number of ether oxygens (including phenoxy) is 1. The van der Waals surface area contributed by atoms with Gasteiger partial charge in [0.2, 0.25) is 0 Å². The minimum Gasteiger partial charge on any atom is -0.478 e. The number of pyridine rings is 1. The van der Waals surface area contributed by atoms with Crippen LogP contribution in [0.2, 0.25) is 0 Å². The van der Waals surface area contributed by atoms with Gasteiger partial charge in [-0.3, -0.25) is 4.79 Å². The van der Waals surface area contributed by atoms with Crippen molar-refractivity contribution in [1.82, 2.24) is 9.88 Å². The molecule has 0 radical (unpaired) electrons. The van der Waals surface area contributed by atoms with E-state index in [1.54, 1.807) is 18.9 Å². The number of hydrogen-bond acceptors (Lipinski definition) is 4. The summed E-state index contributed by atoms with van der Waals surface area (Å²) in [6.07, 6.45) is 0.821. The SMILES string of the molecule is CCC(C)N(CCOC)C(=O)c1ccc(C(=O)O)c(C)n1. The van der Waals surface area contributed by atoms with Crippen LogP contribution in [0.25, 0.3) is 0 Å². The van der Waals surface area contributed by atoms with Crippen LogP contribution in [0.3, 0.4) is 0 Å². The van der Waals surface area contributed by atoms with Gasteiger partial charge in [-0.1, -0.05) is 6.92 Å². The molecule has 1 amide bonds. The van der Waals surface area contributed by atoms with E-state index < -0.39 is 5.97 Å². The Morgan fingerprint density at radius 3 is 2.57 bits per heavy atom. The normalized spacial score (nSPS) is 12.0. The van der Waals surface area contributed by atoms with Crippen LogP contribution < -0.4 is 0 Å². The van der Waals surface area contributed by atoms with Gasteiger partial charge in [-0.15, -0.1) is 0 Å². The summed E-state index contributed by atoms with van der Waals surface area (Å²) in [5.41, 5.74) is 0.705. The maximum absolute atomic E-state index is 12.5. The molecule has 0 aliphatic carbocycles. The van der Waals surface area contributed by atoms with Gasteiger partial charge in [0.25, 0.3) is 5.91 Å². The third-order valence-corrected chi connectivity index (χ3v) is 3.46. The Labute approximate surface area is 124 Å². The van der Waals surface area contributed by atoms with E-state index in [4.69, 9.17) is 9.84 Å². The molecule has 0 aliphatic heterocycles. The summed E-state index contributed by atoms with van der Waals surface area (Å²) in [6, 6.07) is 2.94. The van der Waals surface area contributed by atoms with Gasteiger partial charge in [0, 0.05) is 19.7 Å². The molecule has 1 heterocycles. The van der Waals surface area contributed by atoms with Gasteiger partial charge in [-0.25, -0.2) is 9.78 Å². The zero-order chi connectivity index (χ0) is 16.0. The Balaban J connectivity index is 3.03. The molecule has 0 fully saturated rings. The number of nitrogens with zero attached hydrogens (tertiary/aromatic N) is 2. The van der Waals surface area contributed by atoms with E-state index in [0.717, 1.165) is 6.42 Å². The van der Waals surface area contributed by atoms with E-state index in [2.05, 4.69) is 4.98 Å². The van der Waals surface area contributed by atoms with Crippen molar-refractivity contribution in [2.45, 2.75) is 33.2 Å². The highest BCUT2D eigenvalue weighted by Gasteiger charge is 2.22. The number of carboxylic acids is 1. The maximum Gasteiger partial charge on any atom is 0.337 e. The fraction of sp³-hybridized carbons (Fsp3) is 0.533. The fourth-order valence-electron chi connectivity index (χ4n) is 1.99. The Kier molecular flexibility index (Phi) is 6.30. The third kappa shape index (κ3) is 4.26. The molecule has 0 bridgehead atoms. The Bertz CT molecular complexity index is 516. The van der Waals surface area contributed by atoms with Gasteiger partial charge in [-0.2, -0.15) is 0 Å². The summed E-state index contributed by atoms with van der Waals surface area (Å²) in [5.74, 6) is -1.25. The molecule has 0 aromatic carbocycles. The van der Waals surface area contributed by atoms with Gasteiger partial charge in [0.05, 0.1) is 17.9 Å². The van der Waals surface area contributed by atoms with Crippen LogP contribution in [-0.4, -0.2) is 53.2 Å². The summed E-state index contributed by atoms with van der Waals surface area (Å²) in [6.45, 7) is 6.48. The monoisotopic (exact) mass is 294 g/mol. The molecule has 1 aromatic rings. The molecule has 0 aliphatic rings. The van der Waals surface area contributed by atoms with E-state index >= 15 is 0 Å². The van der Waals surface area contributed by atoms with E-state index in [1.807, 2.05) is 13.8 Å². The summed E-state index contributed by atoms with van der Waals surface area (Å²) in [7, 11) is 1.59. The van der Waals surface area contributed by atoms with Crippen molar-refractivity contribution in [3.05, 3.63) is 29.1 Å².